The summed E-state index contributed by atoms with van der Waals surface area (Å²) in [7, 11) is 0. The number of imidazole rings is 1. The topological polar surface area (TPSA) is 61.8 Å². The SMILES string of the molecule is O=c1c2ccccc2n(CCCc2cncn2Cc2ccccc2)c(=O)n1-c1ccccc1. The van der Waals surface area contributed by atoms with Crippen LogP contribution in [0.15, 0.2) is 107 Å². The summed E-state index contributed by atoms with van der Waals surface area (Å²) in [6.45, 7) is 1.26. The maximum Gasteiger partial charge on any atom is 0.336 e. The van der Waals surface area contributed by atoms with Gasteiger partial charge in [0.1, 0.15) is 0 Å². The van der Waals surface area contributed by atoms with Crippen LogP contribution in [0.1, 0.15) is 17.7 Å². The Morgan fingerprint density at radius 1 is 0.788 bits per heavy atom. The van der Waals surface area contributed by atoms with Crippen LogP contribution in [0.25, 0.3) is 16.6 Å². The molecule has 6 nitrogen and oxygen atoms in total. The third kappa shape index (κ3) is 4.15. The molecule has 5 aromatic rings. The van der Waals surface area contributed by atoms with Crippen molar-refractivity contribution < 1.29 is 0 Å². The standard InChI is InChI=1S/C27H24N4O2/c32-26-24-15-7-8-16-25(24)30(27(33)31(26)22-12-5-2-6-13-22)17-9-14-23-18-28-20-29(23)19-21-10-3-1-4-11-21/h1-8,10-13,15-16,18,20H,9,14,17,19H2. The van der Waals surface area contributed by atoms with E-state index in [2.05, 4.69) is 21.7 Å². The van der Waals surface area contributed by atoms with Gasteiger partial charge in [0.25, 0.3) is 5.56 Å². The summed E-state index contributed by atoms with van der Waals surface area (Å²) in [5, 5.41) is 0.537. The van der Waals surface area contributed by atoms with Crippen molar-refractivity contribution in [1.29, 1.82) is 0 Å². The Morgan fingerprint density at radius 2 is 1.48 bits per heavy atom. The Morgan fingerprint density at radius 3 is 2.27 bits per heavy atom. The normalized spacial score (nSPS) is 11.2. The first-order valence-corrected chi connectivity index (χ1v) is 11.1. The number of rotatable bonds is 7. The molecule has 0 aliphatic carbocycles. The Labute approximate surface area is 191 Å². The highest BCUT2D eigenvalue weighted by atomic mass is 16.2. The Balaban J connectivity index is 1.44. The zero-order valence-electron chi connectivity index (χ0n) is 18.2. The summed E-state index contributed by atoms with van der Waals surface area (Å²) in [6, 6.07) is 26.7. The molecular formula is C27H24N4O2. The number of benzene rings is 3. The van der Waals surface area contributed by atoms with Gasteiger partial charge in [0.05, 0.1) is 22.9 Å². The molecule has 0 bridgehead atoms. The van der Waals surface area contributed by atoms with E-state index in [4.69, 9.17) is 0 Å². The molecular weight excluding hydrogens is 412 g/mol. The maximum absolute atomic E-state index is 13.4. The predicted octanol–water partition coefficient (Wildman–Crippen LogP) is 4.03. The van der Waals surface area contributed by atoms with E-state index >= 15 is 0 Å². The van der Waals surface area contributed by atoms with Crippen LogP contribution in [0, 0.1) is 0 Å². The summed E-state index contributed by atoms with van der Waals surface area (Å²) in [5.41, 5.74) is 2.97. The molecule has 6 heteroatoms. The van der Waals surface area contributed by atoms with Gasteiger partial charge in [-0.3, -0.25) is 9.36 Å². The van der Waals surface area contributed by atoms with Crippen molar-refractivity contribution in [1.82, 2.24) is 18.7 Å². The predicted molar refractivity (Wildman–Crippen MR) is 130 cm³/mol. The first-order valence-electron chi connectivity index (χ1n) is 11.1. The molecule has 0 N–H and O–H groups in total. The largest absolute Gasteiger partial charge is 0.336 e. The third-order valence-corrected chi connectivity index (χ3v) is 5.87. The van der Waals surface area contributed by atoms with Gasteiger partial charge in [-0.2, -0.15) is 0 Å². The number of para-hydroxylation sites is 2. The van der Waals surface area contributed by atoms with Crippen LogP contribution in [0.3, 0.4) is 0 Å². The van der Waals surface area contributed by atoms with Crippen molar-refractivity contribution in [2.45, 2.75) is 25.9 Å². The molecule has 0 atom stereocenters. The Kier molecular flexibility index (Phi) is 5.72. The van der Waals surface area contributed by atoms with E-state index in [0.29, 0.717) is 23.1 Å². The molecule has 0 saturated heterocycles. The minimum absolute atomic E-state index is 0.293. The maximum atomic E-state index is 13.4. The fourth-order valence-electron chi connectivity index (χ4n) is 4.24. The van der Waals surface area contributed by atoms with E-state index in [-0.39, 0.29) is 11.2 Å². The van der Waals surface area contributed by atoms with Gasteiger partial charge in [-0.25, -0.2) is 14.3 Å². The van der Waals surface area contributed by atoms with Crippen LogP contribution in [0.4, 0.5) is 0 Å². The Hall–Kier alpha value is -4.19. The molecule has 0 radical (unpaired) electrons. The molecule has 0 saturated carbocycles. The van der Waals surface area contributed by atoms with Crippen LogP contribution >= 0.6 is 0 Å². The smallest absolute Gasteiger partial charge is 0.330 e. The minimum atomic E-state index is -0.317. The van der Waals surface area contributed by atoms with Gasteiger partial charge in [0, 0.05) is 25.0 Å². The third-order valence-electron chi connectivity index (χ3n) is 5.87. The molecule has 3 aromatic carbocycles. The molecule has 5 rings (SSSR count). The number of aryl methyl sites for hydroxylation is 2. The molecule has 0 aliphatic heterocycles. The first-order chi connectivity index (χ1) is 16.2. The van der Waals surface area contributed by atoms with Crippen LogP contribution < -0.4 is 11.2 Å². The van der Waals surface area contributed by atoms with Gasteiger partial charge in [0.2, 0.25) is 0 Å². The number of aromatic nitrogens is 4. The van der Waals surface area contributed by atoms with Crippen LogP contribution in [0.2, 0.25) is 0 Å². The zero-order chi connectivity index (χ0) is 22.6. The summed E-state index contributed by atoms with van der Waals surface area (Å²) in [4.78, 5) is 30.9. The molecule has 33 heavy (non-hydrogen) atoms. The lowest BCUT2D eigenvalue weighted by Gasteiger charge is -2.14. The van der Waals surface area contributed by atoms with Crippen LogP contribution in [0.5, 0.6) is 0 Å². The van der Waals surface area contributed by atoms with Crippen molar-refractivity contribution in [3.63, 3.8) is 0 Å². The fourth-order valence-corrected chi connectivity index (χ4v) is 4.24. The minimum Gasteiger partial charge on any atom is -0.330 e. The van der Waals surface area contributed by atoms with E-state index in [1.165, 1.54) is 10.1 Å². The van der Waals surface area contributed by atoms with E-state index in [0.717, 1.165) is 25.1 Å². The number of nitrogens with zero attached hydrogens (tertiary/aromatic N) is 4. The second-order valence-electron chi connectivity index (χ2n) is 8.03. The summed E-state index contributed by atoms with van der Waals surface area (Å²) >= 11 is 0. The highest BCUT2D eigenvalue weighted by Crippen LogP contribution is 2.13. The fraction of sp³-hybridized carbons (Fsp3) is 0.148. The molecule has 0 aliphatic rings. The lowest BCUT2D eigenvalue weighted by molar-refractivity contribution is 0.595. The van der Waals surface area contributed by atoms with Gasteiger partial charge in [-0.1, -0.05) is 60.7 Å². The lowest BCUT2D eigenvalue weighted by Crippen LogP contribution is -2.39. The van der Waals surface area contributed by atoms with E-state index in [1.807, 2.05) is 67.1 Å². The van der Waals surface area contributed by atoms with Gasteiger partial charge < -0.3 is 4.57 Å². The Bertz CT molecular complexity index is 1500. The lowest BCUT2D eigenvalue weighted by atomic mass is 10.2. The molecule has 2 aromatic heterocycles. The van der Waals surface area contributed by atoms with Crippen LogP contribution in [-0.4, -0.2) is 18.7 Å². The molecule has 2 heterocycles. The molecule has 0 fully saturated rings. The van der Waals surface area contributed by atoms with E-state index in [9.17, 15) is 9.59 Å². The monoisotopic (exact) mass is 436 g/mol. The average molecular weight is 437 g/mol. The highest BCUT2D eigenvalue weighted by molar-refractivity contribution is 5.78. The van der Waals surface area contributed by atoms with Crippen molar-refractivity contribution in [2.24, 2.45) is 0 Å². The first kappa shape index (κ1) is 20.7. The van der Waals surface area contributed by atoms with Crippen LogP contribution in [-0.2, 0) is 19.5 Å². The summed E-state index contributed by atoms with van der Waals surface area (Å²) in [6.07, 6.45) is 5.25. The highest BCUT2D eigenvalue weighted by Gasteiger charge is 2.14. The van der Waals surface area contributed by atoms with Gasteiger partial charge >= 0.3 is 5.69 Å². The second-order valence-corrected chi connectivity index (χ2v) is 8.03. The molecule has 0 unspecified atom stereocenters. The molecule has 0 amide bonds. The zero-order valence-corrected chi connectivity index (χ0v) is 18.2. The summed E-state index contributed by atoms with van der Waals surface area (Å²) < 4.78 is 5.12. The summed E-state index contributed by atoms with van der Waals surface area (Å²) in [5.74, 6) is 0. The number of hydrogen-bond donors (Lipinski definition) is 0. The van der Waals surface area contributed by atoms with Gasteiger partial charge in [-0.05, 0) is 42.7 Å². The average Bonchev–Trinajstić information content (AvgIpc) is 3.29. The van der Waals surface area contributed by atoms with Crippen molar-refractivity contribution >= 4 is 10.9 Å². The second kappa shape index (κ2) is 9.12. The molecule has 0 spiro atoms. The number of fused-ring (bicyclic) bond motifs is 1. The molecule has 164 valence electrons. The van der Waals surface area contributed by atoms with Gasteiger partial charge in [-0.15, -0.1) is 0 Å². The van der Waals surface area contributed by atoms with Crippen molar-refractivity contribution in [3.05, 3.63) is 130 Å². The quantitative estimate of drug-likeness (QED) is 0.387. The van der Waals surface area contributed by atoms with E-state index in [1.54, 1.807) is 22.8 Å². The van der Waals surface area contributed by atoms with Crippen molar-refractivity contribution in [3.8, 4) is 5.69 Å². The van der Waals surface area contributed by atoms with E-state index < -0.39 is 0 Å². The van der Waals surface area contributed by atoms with Gasteiger partial charge in [0.15, 0.2) is 0 Å². The van der Waals surface area contributed by atoms with Crippen molar-refractivity contribution in [2.75, 3.05) is 0 Å². The number of hydrogen-bond acceptors (Lipinski definition) is 3.